The lowest BCUT2D eigenvalue weighted by Crippen LogP contribution is -2.42. The average Bonchev–Trinajstić information content (AvgIpc) is 2.61. The Hall–Kier alpha value is -2.48. The molecule has 0 bridgehead atoms. The second-order valence-electron chi connectivity index (χ2n) is 6.16. The molecule has 0 saturated carbocycles. The van der Waals surface area contributed by atoms with E-state index in [1.165, 1.54) is 23.9 Å². The number of rotatable bonds is 6. The minimum absolute atomic E-state index is 0.0361. The molecule has 0 aliphatic rings. The number of aryl methyl sites for hydroxylation is 1. The number of carbonyl (C=O) groups excluding carboxylic acids is 1. The van der Waals surface area contributed by atoms with Crippen LogP contribution in [0.4, 0.5) is 0 Å². The van der Waals surface area contributed by atoms with Crippen LogP contribution in [0.3, 0.4) is 0 Å². The molecule has 2 heterocycles. The van der Waals surface area contributed by atoms with Crippen molar-refractivity contribution < 1.29 is 4.79 Å². The number of amides is 1. The average molecular weight is 347 g/mol. The van der Waals surface area contributed by atoms with Gasteiger partial charge < -0.3 is 10.2 Å². The highest BCUT2D eigenvalue weighted by Crippen LogP contribution is 2.08. The zero-order chi connectivity index (χ0) is 18.7. The van der Waals surface area contributed by atoms with Crippen molar-refractivity contribution in [2.75, 3.05) is 19.6 Å². The summed E-state index contributed by atoms with van der Waals surface area (Å²) in [5, 5.41) is 3.17. The van der Waals surface area contributed by atoms with Gasteiger partial charge in [0.1, 0.15) is 5.65 Å². The Bertz CT molecular complexity index is 896. The predicted octanol–water partition coefficient (Wildman–Crippen LogP) is 0.0923. The third kappa shape index (κ3) is 3.79. The van der Waals surface area contributed by atoms with E-state index in [0.717, 1.165) is 24.2 Å². The number of hydrogen-bond donors (Lipinski definition) is 1. The minimum atomic E-state index is -0.462. The fourth-order valence-electron chi connectivity index (χ4n) is 2.81. The summed E-state index contributed by atoms with van der Waals surface area (Å²) < 4.78 is 2.30. The summed E-state index contributed by atoms with van der Waals surface area (Å²) in [5.41, 5.74) is -0.345. The summed E-state index contributed by atoms with van der Waals surface area (Å²) in [6, 6.07) is 1.45. The maximum absolute atomic E-state index is 12.5. The smallest absolute Gasteiger partial charge is 0.332 e. The monoisotopic (exact) mass is 347 g/mol. The van der Waals surface area contributed by atoms with E-state index in [1.54, 1.807) is 7.05 Å². The van der Waals surface area contributed by atoms with Crippen LogP contribution in [-0.4, -0.2) is 50.6 Å². The Morgan fingerprint density at radius 2 is 1.88 bits per heavy atom. The number of hydrogen-bond acceptors (Lipinski definition) is 5. The SMILES string of the molecule is CCN(CC)CC(C)NC(=O)c1cnc2c(c1)c(=O)n(C)c(=O)n2C. The molecule has 2 aromatic heterocycles. The molecule has 2 rings (SSSR count). The molecule has 8 heteroatoms. The number of nitrogens with zero attached hydrogens (tertiary/aromatic N) is 4. The van der Waals surface area contributed by atoms with Gasteiger partial charge >= 0.3 is 5.69 Å². The number of aromatic nitrogens is 3. The normalized spacial score (nSPS) is 12.6. The van der Waals surface area contributed by atoms with Crippen LogP contribution in [0.5, 0.6) is 0 Å². The van der Waals surface area contributed by atoms with Crippen molar-refractivity contribution in [2.24, 2.45) is 14.1 Å². The van der Waals surface area contributed by atoms with Gasteiger partial charge in [-0.25, -0.2) is 9.78 Å². The van der Waals surface area contributed by atoms with Crippen molar-refractivity contribution in [3.05, 3.63) is 38.7 Å². The summed E-state index contributed by atoms with van der Waals surface area (Å²) in [7, 11) is 2.95. The van der Waals surface area contributed by atoms with Gasteiger partial charge in [-0.3, -0.25) is 18.7 Å². The van der Waals surface area contributed by atoms with Gasteiger partial charge in [-0.05, 0) is 26.1 Å². The molecule has 0 saturated heterocycles. The maximum Gasteiger partial charge on any atom is 0.332 e. The number of nitrogens with one attached hydrogen (secondary N) is 1. The first kappa shape index (κ1) is 18.9. The summed E-state index contributed by atoms with van der Waals surface area (Å²) in [6.45, 7) is 8.66. The van der Waals surface area contributed by atoms with Crippen molar-refractivity contribution in [3.63, 3.8) is 0 Å². The Kier molecular flexibility index (Phi) is 5.73. The van der Waals surface area contributed by atoms with Gasteiger partial charge in [0.25, 0.3) is 11.5 Å². The molecule has 8 nitrogen and oxygen atoms in total. The molecule has 25 heavy (non-hydrogen) atoms. The highest BCUT2D eigenvalue weighted by molar-refractivity contribution is 5.96. The van der Waals surface area contributed by atoms with Gasteiger partial charge in [0, 0.05) is 32.9 Å². The Morgan fingerprint density at radius 1 is 1.24 bits per heavy atom. The Morgan fingerprint density at radius 3 is 2.48 bits per heavy atom. The van der Waals surface area contributed by atoms with E-state index in [4.69, 9.17) is 0 Å². The molecule has 0 aromatic carbocycles. The lowest BCUT2D eigenvalue weighted by molar-refractivity contribution is 0.0930. The molecule has 1 atom stereocenters. The van der Waals surface area contributed by atoms with Crippen LogP contribution in [0, 0.1) is 0 Å². The maximum atomic E-state index is 12.5. The van der Waals surface area contributed by atoms with Crippen LogP contribution in [0.1, 0.15) is 31.1 Å². The second kappa shape index (κ2) is 7.60. The van der Waals surface area contributed by atoms with Crippen LogP contribution >= 0.6 is 0 Å². The minimum Gasteiger partial charge on any atom is -0.348 e. The first-order valence-corrected chi connectivity index (χ1v) is 8.39. The largest absolute Gasteiger partial charge is 0.348 e. The summed E-state index contributed by atoms with van der Waals surface area (Å²) in [4.78, 5) is 43.0. The standard InChI is InChI=1S/C17H25N5O3/c1-6-22(7-2)10-11(3)19-15(23)12-8-13-14(18-9-12)20(4)17(25)21(5)16(13)24/h8-9,11H,6-7,10H2,1-5H3,(H,19,23). The summed E-state index contributed by atoms with van der Waals surface area (Å²) in [5.74, 6) is -0.287. The summed E-state index contributed by atoms with van der Waals surface area (Å²) >= 11 is 0. The fraction of sp³-hybridized carbons (Fsp3) is 0.529. The molecule has 0 aliphatic heterocycles. The molecule has 1 amide bonds. The molecule has 136 valence electrons. The number of pyridine rings is 1. The van der Waals surface area contributed by atoms with Crippen LogP contribution in [0.25, 0.3) is 11.0 Å². The molecule has 2 aromatic rings. The third-order valence-corrected chi connectivity index (χ3v) is 4.36. The molecular formula is C17H25N5O3. The van der Waals surface area contributed by atoms with Crippen molar-refractivity contribution in [3.8, 4) is 0 Å². The van der Waals surface area contributed by atoms with E-state index in [9.17, 15) is 14.4 Å². The molecule has 0 aliphatic carbocycles. The third-order valence-electron chi connectivity index (χ3n) is 4.36. The lowest BCUT2D eigenvalue weighted by atomic mass is 10.2. The van der Waals surface area contributed by atoms with E-state index in [-0.39, 0.29) is 23.0 Å². The van der Waals surface area contributed by atoms with E-state index < -0.39 is 11.2 Å². The number of likely N-dealkylation sites (N-methyl/N-ethyl adjacent to an activating group) is 1. The van der Waals surface area contributed by atoms with Gasteiger partial charge in [0.15, 0.2) is 0 Å². The van der Waals surface area contributed by atoms with Crippen LogP contribution < -0.4 is 16.6 Å². The molecule has 1 unspecified atom stereocenters. The molecule has 0 spiro atoms. The molecule has 0 fully saturated rings. The van der Waals surface area contributed by atoms with Gasteiger partial charge in [0.2, 0.25) is 0 Å². The first-order chi connectivity index (χ1) is 11.8. The quantitative estimate of drug-likeness (QED) is 0.800. The van der Waals surface area contributed by atoms with E-state index in [1.807, 2.05) is 6.92 Å². The van der Waals surface area contributed by atoms with Crippen molar-refractivity contribution >= 4 is 16.9 Å². The van der Waals surface area contributed by atoms with Crippen molar-refractivity contribution in [1.29, 1.82) is 0 Å². The Balaban J connectivity index is 2.31. The number of carbonyl (C=O) groups is 1. The summed E-state index contributed by atoms with van der Waals surface area (Å²) in [6.07, 6.45) is 1.39. The van der Waals surface area contributed by atoms with Crippen LogP contribution in [-0.2, 0) is 14.1 Å². The van der Waals surface area contributed by atoms with Crippen molar-refractivity contribution in [1.82, 2.24) is 24.3 Å². The van der Waals surface area contributed by atoms with Gasteiger partial charge in [-0.1, -0.05) is 13.8 Å². The van der Waals surface area contributed by atoms with Crippen LogP contribution in [0.2, 0.25) is 0 Å². The molecular weight excluding hydrogens is 322 g/mol. The van der Waals surface area contributed by atoms with E-state index in [0.29, 0.717) is 5.56 Å². The van der Waals surface area contributed by atoms with Crippen LogP contribution in [0.15, 0.2) is 21.9 Å². The molecule has 1 N–H and O–H groups in total. The second-order valence-corrected chi connectivity index (χ2v) is 6.16. The van der Waals surface area contributed by atoms with Gasteiger partial charge in [-0.2, -0.15) is 0 Å². The first-order valence-electron chi connectivity index (χ1n) is 8.39. The fourth-order valence-corrected chi connectivity index (χ4v) is 2.81. The Labute approximate surface area is 146 Å². The zero-order valence-electron chi connectivity index (χ0n) is 15.4. The van der Waals surface area contributed by atoms with Crippen molar-refractivity contribution in [2.45, 2.75) is 26.8 Å². The predicted molar refractivity (Wildman–Crippen MR) is 96.9 cm³/mol. The van der Waals surface area contributed by atoms with E-state index in [2.05, 4.69) is 29.0 Å². The number of fused-ring (bicyclic) bond motifs is 1. The van der Waals surface area contributed by atoms with Gasteiger partial charge in [-0.15, -0.1) is 0 Å². The highest BCUT2D eigenvalue weighted by atomic mass is 16.2. The highest BCUT2D eigenvalue weighted by Gasteiger charge is 2.16. The topological polar surface area (TPSA) is 89.2 Å². The van der Waals surface area contributed by atoms with Gasteiger partial charge in [0.05, 0.1) is 10.9 Å². The van der Waals surface area contributed by atoms with E-state index >= 15 is 0 Å². The molecule has 0 radical (unpaired) electrons. The lowest BCUT2D eigenvalue weighted by Gasteiger charge is -2.23. The zero-order valence-corrected chi connectivity index (χ0v) is 15.4.